The van der Waals surface area contributed by atoms with E-state index < -0.39 is 101 Å². The summed E-state index contributed by atoms with van der Waals surface area (Å²) < 4.78 is 29.2. The summed E-state index contributed by atoms with van der Waals surface area (Å²) in [5.74, 6) is -8.51. The number of aliphatic hydroxyl groups is 3. The minimum absolute atomic E-state index is 0.00231. The second kappa shape index (κ2) is 28.5. The molecule has 20 heteroatoms. The first-order valence-corrected chi connectivity index (χ1v) is 25.9. The zero-order chi connectivity index (χ0) is 55.1. The monoisotopic (exact) mass is 1130 g/mol. The van der Waals surface area contributed by atoms with E-state index in [0.717, 1.165) is 18.9 Å². The average molecular weight is 1130 g/mol. The van der Waals surface area contributed by atoms with E-state index in [9.17, 15) is 44.1 Å². The van der Waals surface area contributed by atoms with E-state index in [1.54, 1.807) is 60.4 Å². The molecular formula is C52H84IN5O14. The van der Waals surface area contributed by atoms with Crippen LogP contribution in [0.2, 0.25) is 0 Å². The summed E-state index contributed by atoms with van der Waals surface area (Å²) in [6.07, 6.45) is -1.82. The van der Waals surface area contributed by atoms with Crippen molar-refractivity contribution in [1.29, 1.82) is 0 Å². The third-order valence-corrected chi connectivity index (χ3v) is 14.5. The van der Waals surface area contributed by atoms with Crippen LogP contribution in [0.4, 0.5) is 0 Å². The third kappa shape index (κ3) is 16.9. The highest BCUT2D eigenvalue weighted by Crippen LogP contribution is 2.42. The number of nitrogens with one attached hydrogen (secondary N) is 3. The Morgan fingerprint density at radius 1 is 1.01 bits per heavy atom. The predicted molar refractivity (Wildman–Crippen MR) is 280 cm³/mol. The van der Waals surface area contributed by atoms with Gasteiger partial charge in [0.05, 0.1) is 49.6 Å². The molecule has 1 fully saturated rings. The van der Waals surface area contributed by atoms with E-state index in [1.807, 2.05) is 13.8 Å². The predicted octanol–water partition coefficient (Wildman–Crippen LogP) is 4.20. The molecule has 2 rings (SSSR count). The van der Waals surface area contributed by atoms with E-state index in [-0.39, 0.29) is 60.5 Å². The number of allylic oxidation sites excluding steroid dienone is 3. The van der Waals surface area contributed by atoms with Crippen molar-refractivity contribution in [3.63, 3.8) is 0 Å². The number of alkyl halides is 1. The summed E-state index contributed by atoms with van der Waals surface area (Å²) in [4.78, 5) is 84.0. The molecule has 0 aliphatic carbocycles. The van der Waals surface area contributed by atoms with E-state index in [0.29, 0.717) is 29.3 Å². The van der Waals surface area contributed by atoms with Crippen molar-refractivity contribution in [1.82, 2.24) is 25.8 Å². The smallest absolute Gasteiger partial charge is 0.336 e. The molecule has 6 N–H and O–H groups in total. The van der Waals surface area contributed by atoms with Gasteiger partial charge in [-0.05, 0) is 46.7 Å². The molecule has 10 atom stereocenters. The van der Waals surface area contributed by atoms with Gasteiger partial charge in [-0.3, -0.25) is 38.6 Å². The summed E-state index contributed by atoms with van der Waals surface area (Å²) in [5.41, 5.74) is -2.64. The molecule has 2 aliphatic rings. The van der Waals surface area contributed by atoms with Crippen molar-refractivity contribution in [3.8, 4) is 0 Å². The molecule has 2 aliphatic heterocycles. The Balaban J connectivity index is 2.59. The molecule has 0 bridgehead atoms. The minimum atomic E-state index is -2.21. The summed E-state index contributed by atoms with van der Waals surface area (Å²) >= 11 is 2.36. The summed E-state index contributed by atoms with van der Waals surface area (Å²) in [6, 6.07) is 0. The number of rotatable bonds is 24. The number of ketones is 2. The average Bonchev–Trinajstić information content (AvgIpc) is 3.56. The van der Waals surface area contributed by atoms with Crippen LogP contribution in [0.1, 0.15) is 102 Å². The second-order valence-electron chi connectivity index (χ2n) is 19.9. The molecule has 0 spiro atoms. The van der Waals surface area contributed by atoms with E-state index in [1.165, 1.54) is 27.0 Å². The third-order valence-electron chi connectivity index (χ3n) is 14.1. The van der Waals surface area contributed by atoms with Crippen molar-refractivity contribution >= 4 is 57.9 Å². The number of esters is 2. The molecule has 1 saturated heterocycles. The van der Waals surface area contributed by atoms with Crippen LogP contribution in [0.3, 0.4) is 0 Å². The zero-order valence-electron chi connectivity index (χ0n) is 45.0. The normalized spacial score (nSPS) is 25.1. The molecule has 2 unspecified atom stereocenters. The molecule has 408 valence electrons. The fourth-order valence-electron chi connectivity index (χ4n) is 8.16. The lowest BCUT2D eigenvalue weighted by Gasteiger charge is -2.40. The van der Waals surface area contributed by atoms with Gasteiger partial charge in [-0.15, -0.1) is 0 Å². The fraction of sp³-hybridized carbons (Fsp3) is 0.692. The lowest BCUT2D eigenvalue weighted by molar-refractivity contribution is -0.164. The van der Waals surface area contributed by atoms with Gasteiger partial charge in [0.1, 0.15) is 24.0 Å². The van der Waals surface area contributed by atoms with Gasteiger partial charge in [-0.1, -0.05) is 91.1 Å². The topological polar surface area (TPSA) is 252 Å². The van der Waals surface area contributed by atoms with Crippen LogP contribution in [-0.4, -0.2) is 160 Å². The maximum Gasteiger partial charge on any atom is 0.336 e. The fourth-order valence-corrected chi connectivity index (χ4v) is 8.72. The number of aliphatic hydroxyl groups excluding tert-OH is 2. The van der Waals surface area contributed by atoms with Crippen LogP contribution < -0.4 is 16.0 Å². The van der Waals surface area contributed by atoms with Gasteiger partial charge in [0.2, 0.25) is 11.8 Å². The van der Waals surface area contributed by atoms with E-state index >= 15 is 0 Å². The number of carbonyl (C=O) groups excluding carboxylic acids is 6. The van der Waals surface area contributed by atoms with Crippen molar-refractivity contribution in [2.45, 2.75) is 142 Å². The Morgan fingerprint density at radius 3 is 2.21 bits per heavy atom. The summed E-state index contributed by atoms with van der Waals surface area (Å²) in [7, 11) is 3.04. The number of Topliss-reactive ketones (excluding diaryl/α,β-unsaturated/α-hetero) is 2. The highest BCUT2D eigenvalue weighted by Gasteiger charge is 2.53. The van der Waals surface area contributed by atoms with E-state index in [2.05, 4.69) is 63.5 Å². The maximum atomic E-state index is 14.5. The SMILES string of the molecule is C=C[C@]1(O/C=C/[C@H](OC)[C@@H](C)[C@@H](OC(=O)CC(=O)NCCC(=O)OCC)[C@H](C)[C@H](O)[C@H](C)[C@H](C)O)O/C(=C(\C)C2(O)CC(=O)/C(NC(=O)C(C)(C)C(C)C)=C(\C)NCCN(CC(C)I)CCN2C)C(=C)C1=O. The number of hydrogen-bond donors (Lipinski definition) is 6. The van der Waals surface area contributed by atoms with Crippen LogP contribution in [0.15, 0.2) is 59.9 Å². The van der Waals surface area contributed by atoms with Gasteiger partial charge >= 0.3 is 17.7 Å². The Morgan fingerprint density at radius 2 is 1.65 bits per heavy atom. The summed E-state index contributed by atoms with van der Waals surface area (Å²) in [5, 5.41) is 43.2. The first-order valence-electron chi connectivity index (χ1n) is 24.7. The zero-order valence-corrected chi connectivity index (χ0v) is 47.2. The first-order chi connectivity index (χ1) is 33.4. The van der Waals surface area contributed by atoms with Crippen LogP contribution in [-0.2, 0) is 52.5 Å². The molecule has 0 radical (unpaired) electrons. The molecule has 0 saturated carbocycles. The lowest BCUT2D eigenvalue weighted by atomic mass is 9.80. The number of nitrogens with zero attached hydrogens (tertiary/aromatic N) is 2. The Bertz CT molecular complexity index is 2040. The number of halogens is 1. The molecule has 0 aromatic rings. The quantitative estimate of drug-likeness (QED) is 0.0151. The molecule has 2 amide bonds. The number of hydrogen-bond acceptors (Lipinski definition) is 17. The number of ether oxygens (including phenoxy) is 5. The van der Waals surface area contributed by atoms with Crippen molar-refractivity contribution in [2.75, 3.05) is 60.0 Å². The minimum Gasteiger partial charge on any atom is -0.466 e. The van der Waals surface area contributed by atoms with Gasteiger partial charge in [0.15, 0.2) is 11.5 Å². The second-order valence-corrected chi connectivity index (χ2v) is 22.0. The van der Waals surface area contributed by atoms with Gasteiger partial charge < -0.3 is 55.0 Å². The summed E-state index contributed by atoms with van der Waals surface area (Å²) in [6.45, 7) is 31.4. The Kier molecular flexibility index (Phi) is 25.3. The Labute approximate surface area is 440 Å². The number of methoxy groups -OCH3 is 1. The van der Waals surface area contributed by atoms with Crippen LogP contribution in [0, 0.1) is 29.1 Å². The highest BCUT2D eigenvalue weighted by atomic mass is 127. The highest BCUT2D eigenvalue weighted by molar-refractivity contribution is 14.1. The molecule has 19 nitrogen and oxygen atoms in total. The number of carbonyl (C=O) groups is 6. The standard InChI is InChI=1S/C52H84IN5O14/c1-17-52(70-26-20-40(68-16)33(7)46(34(8)45(64)32(6)38(12)59)71-43(63)27-41(61)55-21-19-42(62)69-18-2)48(65)35(9)47(72-52)36(10)51(67)28-39(60)44(56-49(66)50(13,14)30(3)4)37(11)54-22-23-58(29-31(5)53)25-24-57(51)15/h17,20,26,30-34,38,40,45-46,54,59,64,67H,1,9,18-19,21-25,27-29H2,2-8,10-16H3,(H,55,61)(H,56,66)/b26-20+,44-37-,47-36+/t31?,32-,33-,34-,38+,40+,45-,46-,51?,52+/m1/s1. The molecule has 0 aromatic carbocycles. The van der Waals surface area contributed by atoms with Crippen LogP contribution >= 0.6 is 22.6 Å². The molecule has 72 heavy (non-hydrogen) atoms. The number of likely N-dealkylation sites (N-methyl/N-ethyl adjacent to an activating group) is 1. The van der Waals surface area contributed by atoms with Gasteiger partial charge in [-0.2, -0.15) is 0 Å². The largest absolute Gasteiger partial charge is 0.466 e. The molecule has 0 aromatic heterocycles. The van der Waals surface area contributed by atoms with Gasteiger partial charge in [0.25, 0.3) is 5.78 Å². The lowest BCUT2D eigenvalue weighted by Crippen LogP contribution is -2.53. The van der Waals surface area contributed by atoms with Crippen molar-refractivity contribution in [2.24, 2.45) is 29.1 Å². The van der Waals surface area contributed by atoms with Gasteiger partial charge in [0, 0.05) is 90.8 Å². The molecular weight excluding hydrogens is 1050 g/mol. The van der Waals surface area contributed by atoms with Crippen LogP contribution in [0.5, 0.6) is 0 Å². The first kappa shape index (κ1) is 63.9. The van der Waals surface area contributed by atoms with Crippen molar-refractivity contribution in [3.05, 3.63) is 59.9 Å². The number of amides is 2. The molecule has 2 heterocycles. The van der Waals surface area contributed by atoms with E-state index in [4.69, 9.17) is 23.7 Å². The van der Waals surface area contributed by atoms with Crippen LogP contribution in [0.25, 0.3) is 0 Å². The van der Waals surface area contributed by atoms with Gasteiger partial charge in [-0.25, -0.2) is 0 Å². The maximum absolute atomic E-state index is 14.5. The van der Waals surface area contributed by atoms with Crippen molar-refractivity contribution < 1.29 is 67.8 Å². The Hall–Kier alpha value is -4.19.